The molecule has 0 amide bonds. The highest BCUT2D eigenvalue weighted by Crippen LogP contribution is 2.35. The summed E-state index contributed by atoms with van der Waals surface area (Å²) >= 11 is 0. The molecule has 0 bridgehead atoms. The Morgan fingerprint density at radius 1 is 1.12 bits per heavy atom. The van der Waals surface area contributed by atoms with Gasteiger partial charge in [0.1, 0.15) is 0 Å². The topological polar surface area (TPSA) is 60.7 Å². The van der Waals surface area contributed by atoms with Crippen molar-refractivity contribution in [2.75, 3.05) is 0 Å². The number of rotatable bonds is 3. The molecule has 4 rings (SSSR count). The lowest BCUT2D eigenvalue weighted by Crippen LogP contribution is -2.06. The van der Waals surface area contributed by atoms with E-state index in [1.165, 1.54) is 44.6 Å². The van der Waals surface area contributed by atoms with Crippen molar-refractivity contribution in [3.63, 3.8) is 0 Å². The van der Waals surface area contributed by atoms with E-state index in [1.807, 2.05) is 19.9 Å². The molecule has 2 aromatic heterocycles. The van der Waals surface area contributed by atoms with Crippen molar-refractivity contribution in [2.45, 2.75) is 58.8 Å². The van der Waals surface area contributed by atoms with E-state index in [0.717, 1.165) is 28.0 Å². The highest BCUT2D eigenvalue weighted by molar-refractivity contribution is 5.93. The predicted octanol–water partition coefficient (Wildman–Crippen LogP) is 4.68. The van der Waals surface area contributed by atoms with Crippen LogP contribution >= 0.6 is 0 Å². The van der Waals surface area contributed by atoms with Gasteiger partial charge in [-0.1, -0.05) is 30.5 Å². The third kappa shape index (κ3) is 2.91. The molecule has 0 aliphatic heterocycles. The lowest BCUT2D eigenvalue weighted by molar-refractivity contribution is 0.101. The van der Waals surface area contributed by atoms with Gasteiger partial charge in [-0.25, -0.2) is 4.68 Å². The summed E-state index contributed by atoms with van der Waals surface area (Å²) in [6.45, 7) is 5.40. The fourth-order valence-corrected chi connectivity index (χ4v) is 4.10. The number of carbonyl (C=O) groups is 1. The van der Waals surface area contributed by atoms with Crippen LogP contribution in [0.5, 0.6) is 0 Å². The molecule has 2 heterocycles. The van der Waals surface area contributed by atoms with Crippen LogP contribution in [-0.2, 0) is 0 Å². The van der Waals surface area contributed by atoms with Crippen LogP contribution in [-0.4, -0.2) is 25.8 Å². The quantitative estimate of drug-likeness (QED) is 0.645. The molecule has 134 valence electrons. The molecule has 5 heteroatoms. The molecule has 0 unspecified atom stereocenters. The van der Waals surface area contributed by atoms with E-state index in [1.54, 1.807) is 4.68 Å². The lowest BCUT2D eigenvalue weighted by atomic mass is 9.83. The summed E-state index contributed by atoms with van der Waals surface area (Å²) in [7, 11) is 0. The minimum Gasteiger partial charge on any atom is -0.293 e. The Kier molecular flexibility index (Phi) is 4.31. The van der Waals surface area contributed by atoms with Gasteiger partial charge in [0.25, 0.3) is 0 Å². The van der Waals surface area contributed by atoms with E-state index in [9.17, 15) is 4.79 Å². The van der Waals surface area contributed by atoms with Gasteiger partial charge in [-0.2, -0.15) is 0 Å². The molecule has 0 spiro atoms. The van der Waals surface area contributed by atoms with E-state index < -0.39 is 0 Å². The van der Waals surface area contributed by atoms with Gasteiger partial charge in [-0.3, -0.25) is 9.78 Å². The van der Waals surface area contributed by atoms with Gasteiger partial charge in [0.15, 0.2) is 11.5 Å². The van der Waals surface area contributed by atoms with Crippen molar-refractivity contribution in [1.29, 1.82) is 0 Å². The van der Waals surface area contributed by atoms with Gasteiger partial charge in [0, 0.05) is 18.0 Å². The number of aryl methyl sites for hydroxylation is 1. The van der Waals surface area contributed by atoms with Gasteiger partial charge in [-0.05, 0) is 56.4 Å². The normalized spacial score (nSPS) is 15.5. The van der Waals surface area contributed by atoms with Crippen molar-refractivity contribution in [1.82, 2.24) is 20.0 Å². The zero-order valence-corrected chi connectivity index (χ0v) is 15.6. The second-order valence-corrected chi connectivity index (χ2v) is 7.39. The zero-order valence-electron chi connectivity index (χ0n) is 15.6. The summed E-state index contributed by atoms with van der Waals surface area (Å²) in [6.07, 6.45) is 6.49. The van der Waals surface area contributed by atoms with E-state index >= 15 is 0 Å². The monoisotopic (exact) mass is 348 g/mol. The van der Waals surface area contributed by atoms with Crippen molar-refractivity contribution >= 4 is 16.7 Å². The summed E-state index contributed by atoms with van der Waals surface area (Å²) in [6, 6.07) is 8.64. The average Bonchev–Trinajstić information content (AvgIpc) is 3.03. The van der Waals surface area contributed by atoms with Crippen molar-refractivity contribution < 1.29 is 4.79 Å². The second-order valence-electron chi connectivity index (χ2n) is 7.39. The SMILES string of the molecule is CC(=O)c1nnn(-c2cc(C)nc3ccc(C4CCCCC4)cc23)c1C. The summed E-state index contributed by atoms with van der Waals surface area (Å²) < 4.78 is 1.78. The third-order valence-corrected chi connectivity index (χ3v) is 5.47. The highest BCUT2D eigenvalue weighted by atomic mass is 16.1. The van der Waals surface area contributed by atoms with Crippen LogP contribution in [0.4, 0.5) is 0 Å². The van der Waals surface area contributed by atoms with Crippen LogP contribution in [0.15, 0.2) is 24.3 Å². The van der Waals surface area contributed by atoms with Gasteiger partial charge < -0.3 is 0 Å². The maximum absolute atomic E-state index is 11.8. The number of fused-ring (bicyclic) bond motifs is 1. The van der Waals surface area contributed by atoms with Crippen molar-refractivity contribution in [3.05, 3.63) is 46.9 Å². The largest absolute Gasteiger partial charge is 0.293 e. The van der Waals surface area contributed by atoms with E-state index in [-0.39, 0.29) is 5.78 Å². The maximum atomic E-state index is 11.8. The molecule has 26 heavy (non-hydrogen) atoms. The first-order valence-electron chi connectivity index (χ1n) is 9.39. The van der Waals surface area contributed by atoms with E-state index in [4.69, 9.17) is 4.98 Å². The van der Waals surface area contributed by atoms with Crippen molar-refractivity contribution in [2.24, 2.45) is 0 Å². The summed E-state index contributed by atoms with van der Waals surface area (Å²) in [5.74, 6) is 0.568. The Morgan fingerprint density at radius 3 is 2.58 bits per heavy atom. The number of Topliss-reactive ketones (excluding diaryl/α,β-unsaturated/α-hetero) is 1. The molecule has 0 atom stereocenters. The van der Waals surface area contributed by atoms with Crippen LogP contribution in [0.25, 0.3) is 16.6 Å². The number of aromatic nitrogens is 4. The third-order valence-electron chi connectivity index (χ3n) is 5.47. The van der Waals surface area contributed by atoms with Crippen molar-refractivity contribution in [3.8, 4) is 5.69 Å². The van der Waals surface area contributed by atoms with Crippen LogP contribution in [0.2, 0.25) is 0 Å². The minimum atomic E-state index is -0.0632. The molecule has 1 aromatic carbocycles. The number of nitrogens with zero attached hydrogens (tertiary/aromatic N) is 4. The van der Waals surface area contributed by atoms with E-state index in [2.05, 4.69) is 28.5 Å². The molecule has 5 nitrogen and oxygen atoms in total. The fraction of sp³-hybridized carbons (Fsp3) is 0.429. The standard InChI is InChI=1S/C21H24N4O/c1-13-11-20(25-14(2)21(15(3)26)23-24-25)18-12-17(9-10-19(18)22-13)16-7-5-4-6-8-16/h9-12,16H,4-8H2,1-3H3. The molecular formula is C21H24N4O. The average molecular weight is 348 g/mol. The number of hydrogen-bond donors (Lipinski definition) is 0. The summed E-state index contributed by atoms with van der Waals surface area (Å²) in [5, 5.41) is 9.41. The Hall–Kier alpha value is -2.56. The first-order valence-corrected chi connectivity index (χ1v) is 9.39. The number of benzene rings is 1. The van der Waals surface area contributed by atoms with Gasteiger partial charge >= 0.3 is 0 Å². The molecule has 1 aliphatic carbocycles. The van der Waals surface area contributed by atoms with Gasteiger partial charge in [0.2, 0.25) is 0 Å². The second kappa shape index (κ2) is 6.63. The Bertz CT molecular complexity index is 983. The molecule has 0 radical (unpaired) electrons. The Morgan fingerprint density at radius 2 is 1.88 bits per heavy atom. The van der Waals surface area contributed by atoms with Gasteiger partial charge in [0.05, 0.1) is 16.9 Å². The Labute approximate surface area is 153 Å². The van der Waals surface area contributed by atoms with Crippen LogP contribution in [0, 0.1) is 13.8 Å². The zero-order chi connectivity index (χ0) is 18.3. The number of pyridine rings is 1. The Balaban J connectivity index is 1.89. The highest BCUT2D eigenvalue weighted by Gasteiger charge is 2.19. The molecule has 1 saturated carbocycles. The number of ketones is 1. The van der Waals surface area contributed by atoms with E-state index in [0.29, 0.717) is 11.6 Å². The molecule has 3 aromatic rings. The molecule has 1 aliphatic rings. The van der Waals surface area contributed by atoms with Gasteiger partial charge in [-0.15, -0.1) is 5.10 Å². The number of carbonyl (C=O) groups excluding carboxylic acids is 1. The van der Waals surface area contributed by atoms with Crippen LogP contribution < -0.4 is 0 Å². The van der Waals surface area contributed by atoms with Crippen LogP contribution in [0.1, 0.15) is 72.4 Å². The molecule has 1 fully saturated rings. The summed E-state index contributed by atoms with van der Waals surface area (Å²) in [5.41, 5.74) is 5.41. The number of hydrogen-bond acceptors (Lipinski definition) is 4. The summed E-state index contributed by atoms with van der Waals surface area (Å²) in [4.78, 5) is 16.5. The molecular weight excluding hydrogens is 324 g/mol. The molecule has 0 N–H and O–H groups in total. The molecule has 0 saturated heterocycles. The minimum absolute atomic E-state index is 0.0632. The lowest BCUT2D eigenvalue weighted by Gasteiger charge is -2.22. The predicted molar refractivity (Wildman–Crippen MR) is 102 cm³/mol. The first-order chi connectivity index (χ1) is 12.5. The fourth-order valence-electron chi connectivity index (χ4n) is 4.10. The smallest absolute Gasteiger partial charge is 0.181 e. The first kappa shape index (κ1) is 16.9. The maximum Gasteiger partial charge on any atom is 0.181 e. The van der Waals surface area contributed by atoms with Crippen LogP contribution in [0.3, 0.4) is 0 Å².